The second-order valence-corrected chi connectivity index (χ2v) is 6.20. The molecule has 27 heavy (non-hydrogen) atoms. The van der Waals surface area contributed by atoms with Gasteiger partial charge in [-0.05, 0) is 25.3 Å². The van der Waals surface area contributed by atoms with Crippen molar-refractivity contribution in [2.24, 2.45) is 0 Å². The van der Waals surface area contributed by atoms with E-state index >= 15 is 0 Å². The van der Waals surface area contributed by atoms with Crippen LogP contribution < -0.4 is 4.74 Å². The van der Waals surface area contributed by atoms with Crippen LogP contribution in [0.3, 0.4) is 0 Å². The zero-order valence-corrected chi connectivity index (χ0v) is 16.0. The molecule has 0 bridgehead atoms. The van der Waals surface area contributed by atoms with Gasteiger partial charge in [-0.3, -0.25) is 0 Å². The third kappa shape index (κ3) is 5.51. The van der Waals surface area contributed by atoms with Crippen molar-refractivity contribution in [3.63, 3.8) is 0 Å². The monoisotopic (exact) mass is 375 g/mol. The Balaban J connectivity index is 2.16. The van der Waals surface area contributed by atoms with E-state index in [0.717, 1.165) is 10.8 Å². The zero-order valence-electron chi connectivity index (χ0n) is 16.0. The average molecular weight is 375 g/mol. The molecule has 0 saturated heterocycles. The van der Waals surface area contributed by atoms with Crippen LogP contribution in [0.25, 0.3) is 10.8 Å². The fourth-order valence-corrected chi connectivity index (χ4v) is 2.65. The summed E-state index contributed by atoms with van der Waals surface area (Å²) < 4.78 is 20.6. The van der Waals surface area contributed by atoms with Gasteiger partial charge in [0.05, 0.1) is 20.8 Å². The molecule has 146 valence electrons. The van der Waals surface area contributed by atoms with Crippen LogP contribution in [0, 0.1) is 0 Å². The Morgan fingerprint density at radius 2 is 1.70 bits per heavy atom. The van der Waals surface area contributed by atoms with Crippen molar-refractivity contribution < 1.29 is 28.5 Å². The summed E-state index contributed by atoms with van der Waals surface area (Å²) in [4.78, 5) is 25.0. The van der Waals surface area contributed by atoms with Crippen LogP contribution in [-0.4, -0.2) is 56.7 Å². The molecule has 1 amide bonds. The highest BCUT2D eigenvalue weighted by molar-refractivity contribution is 5.88. The van der Waals surface area contributed by atoms with E-state index in [9.17, 15) is 9.59 Å². The lowest BCUT2D eigenvalue weighted by molar-refractivity contribution is -0.000930. The number of fused-ring (bicyclic) bond motifs is 1. The lowest BCUT2D eigenvalue weighted by Crippen LogP contribution is -2.45. The average Bonchev–Trinajstić information content (AvgIpc) is 2.68. The molecule has 1 unspecified atom stereocenters. The van der Waals surface area contributed by atoms with Crippen molar-refractivity contribution >= 4 is 23.0 Å². The first kappa shape index (κ1) is 20.4. The molecule has 0 heterocycles. The molecule has 0 N–H and O–H groups in total. The smallest absolute Gasteiger partial charge is 0.489 e. The highest BCUT2D eigenvalue weighted by atomic mass is 16.7. The van der Waals surface area contributed by atoms with E-state index < -0.39 is 18.4 Å². The largest absolute Gasteiger partial charge is 0.508 e. The Morgan fingerprint density at radius 3 is 2.37 bits per heavy atom. The Bertz CT molecular complexity index is 771. The van der Waals surface area contributed by atoms with Crippen molar-refractivity contribution in [3.8, 4) is 5.75 Å². The summed E-state index contributed by atoms with van der Waals surface area (Å²) in [5.41, 5.74) is 0. The molecule has 2 aromatic carbocycles. The van der Waals surface area contributed by atoms with Crippen molar-refractivity contribution in [2.75, 3.05) is 27.4 Å². The number of nitrogens with zero attached hydrogens (tertiary/aromatic N) is 1. The van der Waals surface area contributed by atoms with Gasteiger partial charge in [0.25, 0.3) is 0 Å². The molecule has 0 fully saturated rings. The van der Waals surface area contributed by atoms with E-state index in [4.69, 9.17) is 14.2 Å². The minimum absolute atomic E-state index is 0.0589. The number of carbonyl (C=O) groups excluding carboxylic acids is 2. The standard InChI is InChI=1S/C20H25NO6/c1-14(2)21(19(22)24-3)12-16(27-20(23)25-4)13-26-18-11-7-9-15-8-5-6-10-17(15)18/h5-11,14,16H,12-13H2,1-4H3. The van der Waals surface area contributed by atoms with Gasteiger partial charge in [-0.2, -0.15) is 0 Å². The first-order valence-corrected chi connectivity index (χ1v) is 8.66. The zero-order chi connectivity index (χ0) is 19.8. The maximum atomic E-state index is 12.0. The van der Waals surface area contributed by atoms with Gasteiger partial charge in [-0.15, -0.1) is 0 Å². The minimum Gasteiger partial charge on any atom is -0.489 e. The van der Waals surface area contributed by atoms with E-state index in [1.807, 2.05) is 56.3 Å². The van der Waals surface area contributed by atoms with Gasteiger partial charge in [-0.25, -0.2) is 9.59 Å². The van der Waals surface area contributed by atoms with E-state index in [1.54, 1.807) is 0 Å². The maximum absolute atomic E-state index is 12.0. The molecule has 7 nitrogen and oxygen atoms in total. The predicted molar refractivity (Wildman–Crippen MR) is 101 cm³/mol. The second kappa shape index (κ2) is 9.66. The molecule has 0 spiro atoms. The van der Waals surface area contributed by atoms with Gasteiger partial charge >= 0.3 is 12.2 Å². The summed E-state index contributed by atoms with van der Waals surface area (Å²) in [6.07, 6.45) is -2.07. The number of rotatable bonds is 7. The summed E-state index contributed by atoms with van der Waals surface area (Å²) in [5.74, 6) is 0.667. The molecule has 0 aliphatic carbocycles. The SMILES string of the molecule is COC(=O)OC(COc1cccc2ccccc12)CN(C(=O)OC)C(C)C. The highest BCUT2D eigenvalue weighted by Crippen LogP contribution is 2.25. The lowest BCUT2D eigenvalue weighted by Gasteiger charge is -2.29. The Morgan fingerprint density at radius 1 is 1.00 bits per heavy atom. The fourth-order valence-electron chi connectivity index (χ4n) is 2.65. The summed E-state index contributed by atoms with van der Waals surface area (Å²) in [5, 5.41) is 1.99. The molecule has 0 saturated carbocycles. The summed E-state index contributed by atoms with van der Waals surface area (Å²) >= 11 is 0. The number of benzene rings is 2. The van der Waals surface area contributed by atoms with Crippen LogP contribution >= 0.6 is 0 Å². The predicted octanol–water partition coefficient (Wildman–Crippen LogP) is 3.85. The summed E-state index contributed by atoms with van der Waals surface area (Å²) in [6.45, 7) is 3.86. The van der Waals surface area contributed by atoms with E-state index in [0.29, 0.717) is 5.75 Å². The molecule has 2 aromatic rings. The van der Waals surface area contributed by atoms with Crippen molar-refractivity contribution in [2.45, 2.75) is 26.0 Å². The van der Waals surface area contributed by atoms with E-state index in [-0.39, 0.29) is 19.2 Å². The van der Waals surface area contributed by atoms with E-state index in [2.05, 4.69) is 4.74 Å². The third-order valence-electron chi connectivity index (χ3n) is 4.04. The first-order chi connectivity index (χ1) is 13.0. The molecule has 1 atom stereocenters. The lowest BCUT2D eigenvalue weighted by atomic mass is 10.1. The van der Waals surface area contributed by atoms with Crippen LogP contribution in [0.5, 0.6) is 5.75 Å². The Hall–Kier alpha value is -2.96. The molecular weight excluding hydrogens is 350 g/mol. The van der Waals surface area contributed by atoms with Crippen molar-refractivity contribution in [1.29, 1.82) is 0 Å². The second-order valence-electron chi connectivity index (χ2n) is 6.20. The Labute approximate surface area is 158 Å². The molecule has 7 heteroatoms. The first-order valence-electron chi connectivity index (χ1n) is 8.66. The van der Waals surface area contributed by atoms with Gasteiger partial charge in [-0.1, -0.05) is 36.4 Å². The normalized spacial score (nSPS) is 11.7. The van der Waals surface area contributed by atoms with Gasteiger partial charge < -0.3 is 23.8 Å². The molecule has 0 aromatic heterocycles. The van der Waals surface area contributed by atoms with Crippen LogP contribution in [0.4, 0.5) is 9.59 Å². The van der Waals surface area contributed by atoms with Crippen LogP contribution in [-0.2, 0) is 14.2 Å². The Kier molecular flexibility index (Phi) is 7.28. The maximum Gasteiger partial charge on any atom is 0.508 e. The van der Waals surface area contributed by atoms with Crippen LogP contribution in [0.1, 0.15) is 13.8 Å². The van der Waals surface area contributed by atoms with E-state index in [1.165, 1.54) is 19.1 Å². The number of carbonyl (C=O) groups is 2. The summed E-state index contributed by atoms with van der Waals surface area (Å²) in [7, 11) is 2.53. The van der Waals surface area contributed by atoms with Gasteiger partial charge in [0, 0.05) is 11.4 Å². The number of amides is 1. The number of ether oxygens (including phenoxy) is 4. The van der Waals surface area contributed by atoms with Crippen LogP contribution in [0.15, 0.2) is 42.5 Å². The highest BCUT2D eigenvalue weighted by Gasteiger charge is 2.25. The van der Waals surface area contributed by atoms with Gasteiger partial charge in [0.2, 0.25) is 0 Å². The number of methoxy groups -OCH3 is 2. The van der Waals surface area contributed by atoms with Gasteiger partial charge in [0.1, 0.15) is 12.4 Å². The van der Waals surface area contributed by atoms with Crippen LogP contribution in [0.2, 0.25) is 0 Å². The van der Waals surface area contributed by atoms with Gasteiger partial charge in [0.15, 0.2) is 6.10 Å². The molecule has 2 rings (SSSR count). The minimum atomic E-state index is -0.838. The topological polar surface area (TPSA) is 74.3 Å². The summed E-state index contributed by atoms with van der Waals surface area (Å²) in [6, 6.07) is 13.4. The molecular formula is C20H25NO6. The number of hydrogen-bond donors (Lipinski definition) is 0. The molecule has 0 radical (unpaired) electrons. The fraction of sp³-hybridized carbons (Fsp3) is 0.400. The van der Waals surface area contributed by atoms with Crippen molar-refractivity contribution in [1.82, 2.24) is 4.90 Å². The van der Waals surface area contributed by atoms with Crippen molar-refractivity contribution in [3.05, 3.63) is 42.5 Å². The molecule has 0 aliphatic rings. The third-order valence-corrected chi connectivity index (χ3v) is 4.04. The molecule has 0 aliphatic heterocycles. The quantitative estimate of drug-likeness (QED) is 0.685. The number of hydrogen-bond acceptors (Lipinski definition) is 6.